The molecule has 0 unspecified atom stereocenters. The Balaban J connectivity index is 1.72. The highest BCUT2D eigenvalue weighted by atomic mass is 16.5. The van der Waals surface area contributed by atoms with Gasteiger partial charge >= 0.3 is 12.1 Å². The summed E-state index contributed by atoms with van der Waals surface area (Å²) in [6.07, 6.45) is -0.708. The van der Waals surface area contributed by atoms with Gasteiger partial charge in [-0.05, 0) is 16.5 Å². The van der Waals surface area contributed by atoms with Gasteiger partial charge in [0.1, 0.15) is 18.4 Å². The molecule has 1 amide bonds. The van der Waals surface area contributed by atoms with E-state index in [-0.39, 0.29) is 13.0 Å². The quantitative estimate of drug-likeness (QED) is 0.653. The Morgan fingerprint density at radius 3 is 2.43 bits per heavy atom. The molecular formula is C22H21NO5. The van der Waals surface area contributed by atoms with Gasteiger partial charge in [-0.1, -0.05) is 66.7 Å². The molecule has 3 aromatic rings. The number of hydrogen-bond acceptors (Lipinski definition) is 4. The number of nitrogens with one attached hydrogen (secondary N) is 1. The summed E-state index contributed by atoms with van der Waals surface area (Å²) in [7, 11) is 1.54. The number of amides is 1. The first-order valence-electron chi connectivity index (χ1n) is 8.83. The Labute approximate surface area is 162 Å². The fraction of sp³-hybridized carbons (Fsp3) is 0.182. The molecule has 6 heteroatoms. The molecule has 144 valence electrons. The number of aliphatic carboxylic acids is 1. The van der Waals surface area contributed by atoms with E-state index in [1.54, 1.807) is 7.11 Å². The number of rotatable bonds is 7. The molecule has 3 rings (SSSR count). The molecular weight excluding hydrogens is 358 g/mol. The zero-order chi connectivity index (χ0) is 19.9. The van der Waals surface area contributed by atoms with Crippen LogP contribution in [-0.2, 0) is 22.6 Å². The largest absolute Gasteiger partial charge is 0.496 e. The van der Waals surface area contributed by atoms with Crippen molar-refractivity contribution in [3.63, 3.8) is 0 Å². The molecule has 0 heterocycles. The van der Waals surface area contributed by atoms with Crippen LogP contribution in [0.5, 0.6) is 5.75 Å². The van der Waals surface area contributed by atoms with Gasteiger partial charge in [0, 0.05) is 11.8 Å². The third-order valence-corrected chi connectivity index (χ3v) is 4.39. The first-order chi connectivity index (χ1) is 13.6. The van der Waals surface area contributed by atoms with Crippen LogP contribution in [0.15, 0.2) is 66.7 Å². The van der Waals surface area contributed by atoms with Crippen molar-refractivity contribution in [2.45, 2.75) is 19.1 Å². The topological polar surface area (TPSA) is 84.9 Å². The number of carbonyl (C=O) groups is 2. The molecule has 0 fully saturated rings. The van der Waals surface area contributed by atoms with Crippen molar-refractivity contribution in [3.05, 3.63) is 77.9 Å². The van der Waals surface area contributed by atoms with E-state index < -0.39 is 18.1 Å². The second-order valence-electron chi connectivity index (χ2n) is 6.28. The van der Waals surface area contributed by atoms with E-state index in [1.165, 1.54) is 0 Å². The smallest absolute Gasteiger partial charge is 0.408 e. The van der Waals surface area contributed by atoms with Gasteiger partial charge in [0.05, 0.1) is 7.11 Å². The fourth-order valence-electron chi connectivity index (χ4n) is 3.02. The standard InChI is InChI=1S/C22H21NO5/c1-27-20-17(12-11-16-9-5-6-10-18(16)20)13-19(21(24)25)23-22(26)28-14-15-7-3-2-4-8-15/h2-12,19H,13-14H2,1H3,(H,23,26)(H,24,25)/t19-/m1/s1. The highest BCUT2D eigenvalue weighted by Gasteiger charge is 2.23. The maximum Gasteiger partial charge on any atom is 0.408 e. The minimum absolute atomic E-state index is 0.0678. The van der Waals surface area contributed by atoms with Crippen LogP contribution in [0.1, 0.15) is 11.1 Å². The lowest BCUT2D eigenvalue weighted by Gasteiger charge is -2.17. The lowest BCUT2D eigenvalue weighted by molar-refractivity contribution is -0.139. The van der Waals surface area contributed by atoms with Crippen molar-refractivity contribution >= 4 is 22.8 Å². The van der Waals surface area contributed by atoms with Gasteiger partial charge in [-0.2, -0.15) is 0 Å². The molecule has 0 spiro atoms. The second-order valence-corrected chi connectivity index (χ2v) is 6.28. The zero-order valence-electron chi connectivity index (χ0n) is 15.4. The van der Waals surface area contributed by atoms with Crippen molar-refractivity contribution in [1.82, 2.24) is 5.32 Å². The summed E-state index contributed by atoms with van der Waals surface area (Å²) in [6.45, 7) is 0.0678. The van der Waals surface area contributed by atoms with E-state index in [2.05, 4.69) is 5.32 Å². The van der Waals surface area contributed by atoms with Crippen LogP contribution >= 0.6 is 0 Å². The Morgan fingerprint density at radius 2 is 1.71 bits per heavy atom. The SMILES string of the molecule is COc1c(C[C@@H](NC(=O)OCc2ccccc2)C(=O)O)ccc2ccccc12. The van der Waals surface area contributed by atoms with Gasteiger partial charge in [-0.3, -0.25) is 0 Å². The Bertz CT molecular complexity index is 971. The molecule has 0 aromatic heterocycles. The predicted molar refractivity (Wildman–Crippen MR) is 105 cm³/mol. The number of carboxylic acid groups (broad SMARTS) is 1. The van der Waals surface area contributed by atoms with Gasteiger partial charge < -0.3 is 19.9 Å². The van der Waals surface area contributed by atoms with E-state index in [1.807, 2.05) is 66.7 Å². The number of hydrogen-bond donors (Lipinski definition) is 2. The third kappa shape index (κ3) is 4.59. The monoisotopic (exact) mass is 379 g/mol. The summed E-state index contributed by atoms with van der Waals surface area (Å²) in [5.74, 6) is -0.546. The fourth-order valence-corrected chi connectivity index (χ4v) is 3.02. The molecule has 2 N–H and O–H groups in total. The predicted octanol–water partition coefficient (Wildman–Crippen LogP) is 3.77. The molecule has 28 heavy (non-hydrogen) atoms. The molecule has 6 nitrogen and oxygen atoms in total. The second kappa shape index (κ2) is 8.90. The van der Waals surface area contributed by atoms with Crippen LogP contribution in [-0.4, -0.2) is 30.3 Å². The number of benzene rings is 3. The third-order valence-electron chi connectivity index (χ3n) is 4.39. The summed E-state index contributed by atoms with van der Waals surface area (Å²) in [5.41, 5.74) is 1.51. The van der Waals surface area contributed by atoms with Crippen molar-refractivity contribution < 1.29 is 24.2 Å². The van der Waals surface area contributed by atoms with E-state index in [4.69, 9.17) is 9.47 Å². The molecule has 0 bridgehead atoms. The molecule has 1 atom stereocenters. The number of alkyl carbamates (subject to hydrolysis) is 1. The minimum atomic E-state index is -1.15. The first kappa shape index (κ1) is 19.2. The van der Waals surface area contributed by atoms with Crippen molar-refractivity contribution in [2.24, 2.45) is 0 Å². The number of carbonyl (C=O) groups excluding carboxylic acids is 1. The highest BCUT2D eigenvalue weighted by molar-refractivity contribution is 5.90. The maximum atomic E-state index is 12.1. The molecule has 3 aromatic carbocycles. The molecule has 0 aliphatic carbocycles. The molecule has 0 saturated heterocycles. The molecule has 0 saturated carbocycles. The van der Waals surface area contributed by atoms with E-state index in [0.717, 1.165) is 16.3 Å². The normalized spacial score (nSPS) is 11.6. The highest BCUT2D eigenvalue weighted by Crippen LogP contribution is 2.30. The van der Waals surface area contributed by atoms with Crippen LogP contribution < -0.4 is 10.1 Å². The van der Waals surface area contributed by atoms with Crippen molar-refractivity contribution in [3.8, 4) is 5.75 Å². The van der Waals surface area contributed by atoms with Crippen LogP contribution in [0.4, 0.5) is 4.79 Å². The van der Waals surface area contributed by atoms with Crippen LogP contribution in [0, 0.1) is 0 Å². The number of ether oxygens (including phenoxy) is 2. The van der Waals surface area contributed by atoms with Gasteiger partial charge in [0.25, 0.3) is 0 Å². The maximum absolute atomic E-state index is 12.1. The number of methoxy groups -OCH3 is 1. The summed E-state index contributed by atoms with van der Waals surface area (Å²) in [6, 6.07) is 19.4. The van der Waals surface area contributed by atoms with Gasteiger partial charge in [0.2, 0.25) is 0 Å². The first-order valence-corrected chi connectivity index (χ1v) is 8.83. The molecule has 0 aliphatic rings. The summed E-state index contributed by atoms with van der Waals surface area (Å²) in [4.78, 5) is 23.7. The summed E-state index contributed by atoms with van der Waals surface area (Å²) in [5, 5.41) is 13.8. The van der Waals surface area contributed by atoms with Gasteiger partial charge in [0.15, 0.2) is 0 Å². The Morgan fingerprint density at radius 1 is 1.00 bits per heavy atom. The lowest BCUT2D eigenvalue weighted by Crippen LogP contribution is -2.42. The Hall–Kier alpha value is -3.54. The summed E-state index contributed by atoms with van der Waals surface area (Å²) < 4.78 is 10.6. The van der Waals surface area contributed by atoms with Crippen LogP contribution in [0.25, 0.3) is 10.8 Å². The lowest BCUT2D eigenvalue weighted by atomic mass is 10.00. The van der Waals surface area contributed by atoms with E-state index in [9.17, 15) is 14.7 Å². The molecule has 0 radical (unpaired) electrons. The minimum Gasteiger partial charge on any atom is -0.496 e. The Kier molecular flexibility index (Phi) is 6.11. The average molecular weight is 379 g/mol. The van der Waals surface area contributed by atoms with E-state index in [0.29, 0.717) is 11.3 Å². The molecule has 0 aliphatic heterocycles. The average Bonchev–Trinajstić information content (AvgIpc) is 2.72. The van der Waals surface area contributed by atoms with Crippen LogP contribution in [0.3, 0.4) is 0 Å². The van der Waals surface area contributed by atoms with Crippen molar-refractivity contribution in [1.29, 1.82) is 0 Å². The number of carboxylic acids is 1. The summed E-state index contributed by atoms with van der Waals surface area (Å²) >= 11 is 0. The van der Waals surface area contributed by atoms with E-state index >= 15 is 0 Å². The van der Waals surface area contributed by atoms with Crippen LogP contribution in [0.2, 0.25) is 0 Å². The zero-order valence-corrected chi connectivity index (χ0v) is 15.4. The van der Waals surface area contributed by atoms with Crippen molar-refractivity contribution in [2.75, 3.05) is 7.11 Å². The van der Waals surface area contributed by atoms with Gasteiger partial charge in [-0.25, -0.2) is 9.59 Å². The number of fused-ring (bicyclic) bond motifs is 1. The van der Waals surface area contributed by atoms with Gasteiger partial charge in [-0.15, -0.1) is 0 Å².